The van der Waals surface area contributed by atoms with E-state index in [4.69, 9.17) is 0 Å². The number of nitrogens with zero attached hydrogens (tertiary/aromatic N) is 2. The van der Waals surface area contributed by atoms with Gasteiger partial charge in [0, 0.05) is 0 Å². The van der Waals surface area contributed by atoms with Gasteiger partial charge in [0.05, 0.1) is 39.3 Å². The molecular formula is C22H45N3O6S. The highest BCUT2D eigenvalue weighted by atomic mass is 32.2. The van der Waals surface area contributed by atoms with E-state index in [0.717, 1.165) is 7.11 Å². The molecule has 2 amide bonds. The highest BCUT2D eigenvalue weighted by Crippen LogP contribution is 2.22. The van der Waals surface area contributed by atoms with Crippen LogP contribution in [0.1, 0.15) is 86.0 Å². The van der Waals surface area contributed by atoms with Gasteiger partial charge in [-0.1, -0.05) is 53.4 Å². The highest BCUT2D eigenvalue weighted by molar-refractivity contribution is 7.84. The average molecular weight is 480 g/mol. The highest BCUT2D eigenvalue weighted by Gasteiger charge is 2.48. The molecule has 0 spiro atoms. The molecule has 1 N–H and O–H groups in total. The number of methoxy groups -OCH3 is 1. The zero-order valence-corrected chi connectivity index (χ0v) is 21.7. The summed E-state index contributed by atoms with van der Waals surface area (Å²) in [5.74, 6) is -0.956. The molecule has 1 saturated heterocycles. The van der Waals surface area contributed by atoms with Gasteiger partial charge in [0.25, 0.3) is 5.91 Å². The van der Waals surface area contributed by atoms with Gasteiger partial charge in [0.2, 0.25) is 0 Å². The lowest BCUT2D eigenvalue weighted by Crippen LogP contribution is -2.70. The molecule has 0 aliphatic carbocycles. The maximum atomic E-state index is 11.1. The Hall–Kier alpha value is -1.39. The second-order valence-corrected chi connectivity index (χ2v) is 9.85. The molecule has 0 aromatic heterocycles. The predicted molar refractivity (Wildman–Crippen MR) is 125 cm³/mol. The lowest BCUT2D eigenvalue weighted by atomic mass is 10.0. The number of hydrogen-bond acceptors (Lipinski definition) is 6. The number of alkyl carbamates (subject to hydrolysis) is 1. The summed E-state index contributed by atoms with van der Waals surface area (Å²) in [5.41, 5.74) is 0. The molecule has 1 aliphatic heterocycles. The van der Waals surface area contributed by atoms with E-state index in [9.17, 15) is 22.6 Å². The maximum Gasteiger partial charge on any atom is 0.407 e. The molecule has 1 aliphatic rings. The molecule has 0 unspecified atom stereocenters. The van der Waals surface area contributed by atoms with E-state index < -0.39 is 34.4 Å². The Labute approximate surface area is 195 Å². The summed E-state index contributed by atoms with van der Waals surface area (Å²) in [6.45, 7) is 16.3. The number of carbonyl (C=O) groups is 2. The third-order valence-electron chi connectivity index (χ3n) is 5.98. The van der Waals surface area contributed by atoms with Crippen LogP contribution >= 0.6 is 0 Å². The molecule has 0 saturated carbocycles. The van der Waals surface area contributed by atoms with E-state index in [-0.39, 0.29) is 4.31 Å². The van der Waals surface area contributed by atoms with E-state index >= 15 is 0 Å². The van der Waals surface area contributed by atoms with Crippen molar-refractivity contribution < 1.29 is 31.8 Å². The van der Waals surface area contributed by atoms with Gasteiger partial charge in [-0.2, -0.15) is 0 Å². The van der Waals surface area contributed by atoms with Crippen LogP contribution in [0.25, 0.3) is 0 Å². The minimum atomic E-state index is -4.80. The van der Waals surface area contributed by atoms with Crippen molar-refractivity contribution in [3.05, 3.63) is 0 Å². The molecular weight excluding hydrogens is 434 g/mol. The van der Waals surface area contributed by atoms with Crippen LogP contribution in [0.5, 0.6) is 0 Å². The largest absolute Gasteiger partial charge is 0.731 e. The minimum absolute atomic E-state index is 0.174. The van der Waals surface area contributed by atoms with E-state index in [2.05, 4.69) is 37.7 Å². The zero-order valence-electron chi connectivity index (χ0n) is 20.9. The van der Waals surface area contributed by atoms with Gasteiger partial charge in [-0.3, -0.25) is 4.79 Å². The number of carbonyl (C=O) groups excluding carboxylic acids is 2. The molecule has 0 aromatic rings. The van der Waals surface area contributed by atoms with Crippen LogP contribution in [-0.2, 0) is 19.8 Å². The Morgan fingerprint density at radius 2 is 1.34 bits per heavy atom. The molecule has 9 nitrogen and oxygen atoms in total. The third-order valence-corrected chi connectivity index (χ3v) is 6.97. The Morgan fingerprint density at radius 1 is 0.969 bits per heavy atom. The monoisotopic (exact) mass is 479 g/mol. The van der Waals surface area contributed by atoms with Gasteiger partial charge in [-0.25, -0.2) is 17.5 Å². The smallest absolute Gasteiger partial charge is 0.407 e. The number of rotatable bonds is 14. The lowest BCUT2D eigenvalue weighted by molar-refractivity contribution is -0.929. The van der Waals surface area contributed by atoms with Crippen molar-refractivity contribution in [3.8, 4) is 0 Å². The van der Waals surface area contributed by atoms with Gasteiger partial charge >= 0.3 is 6.09 Å². The molecule has 32 heavy (non-hydrogen) atoms. The van der Waals surface area contributed by atoms with Crippen molar-refractivity contribution in [2.45, 2.75) is 98.1 Å². The SMILES string of the molecule is CCCC[N+](CCCC)(CCCC)CCCC.COC(=O)N[C@@H]1C(=O)N(S(=O)(=O)[O-])[C@H]1C. The second kappa shape index (κ2) is 15.4. The first-order valence-electron chi connectivity index (χ1n) is 12.0. The molecule has 0 radical (unpaired) electrons. The number of unbranched alkanes of at least 4 members (excludes halogenated alkanes) is 4. The molecule has 2 atom stereocenters. The Bertz CT molecular complexity index is 619. The molecule has 190 valence electrons. The molecule has 10 heteroatoms. The first kappa shape index (κ1) is 30.6. The van der Waals surface area contributed by atoms with Gasteiger partial charge in [-0.05, 0) is 32.6 Å². The fourth-order valence-corrected chi connectivity index (χ4v) is 4.79. The van der Waals surface area contributed by atoms with E-state index in [1.165, 1.54) is 89.0 Å². The quantitative estimate of drug-likeness (QED) is 0.232. The molecule has 0 bridgehead atoms. The first-order chi connectivity index (χ1) is 15.0. The maximum absolute atomic E-state index is 11.1. The van der Waals surface area contributed by atoms with Crippen LogP contribution in [0.4, 0.5) is 4.79 Å². The Kier molecular flexibility index (Phi) is 14.8. The number of hydrogen-bond donors (Lipinski definition) is 1. The summed E-state index contributed by atoms with van der Waals surface area (Å²) in [4.78, 5) is 21.9. The van der Waals surface area contributed by atoms with E-state index in [1.807, 2.05) is 0 Å². The van der Waals surface area contributed by atoms with Crippen molar-refractivity contribution in [3.63, 3.8) is 0 Å². The predicted octanol–water partition coefficient (Wildman–Crippen LogP) is 3.41. The van der Waals surface area contributed by atoms with Crippen molar-refractivity contribution >= 4 is 22.3 Å². The molecule has 1 heterocycles. The van der Waals surface area contributed by atoms with Gasteiger partial charge in [0.1, 0.15) is 6.04 Å². The topological polar surface area (TPSA) is 116 Å². The number of nitrogens with one attached hydrogen (secondary N) is 1. The average Bonchev–Trinajstić information content (AvgIpc) is 2.75. The fraction of sp³-hybridized carbons (Fsp3) is 0.909. The molecule has 0 aromatic carbocycles. The van der Waals surface area contributed by atoms with Crippen LogP contribution in [0.3, 0.4) is 0 Å². The zero-order chi connectivity index (χ0) is 24.8. The van der Waals surface area contributed by atoms with Crippen molar-refractivity contribution in [1.82, 2.24) is 9.62 Å². The normalized spacial score (nSPS) is 18.5. The third kappa shape index (κ3) is 10.0. The van der Waals surface area contributed by atoms with Crippen LogP contribution in [-0.4, -0.2) is 79.1 Å². The first-order valence-corrected chi connectivity index (χ1v) is 13.4. The summed E-state index contributed by atoms with van der Waals surface area (Å²) in [5, 5.41) is 2.11. The van der Waals surface area contributed by atoms with Gasteiger partial charge < -0.3 is 19.1 Å². The summed E-state index contributed by atoms with van der Waals surface area (Å²) in [6, 6.07) is -1.92. The van der Waals surface area contributed by atoms with Crippen LogP contribution < -0.4 is 5.32 Å². The standard InChI is InChI=1S/C16H36N.C6H10N2O6S/c1-5-9-13-17(14-10-6-2,15-11-7-3)16-12-8-4;1-3-4(7-6(10)14-2)5(9)8(3)15(11,12)13/h5-16H2,1-4H3;3-4H,1-2H3,(H,7,10)(H,11,12,13)/q+1;/p-1/t;3-,4-/m.0/s1. The Balaban J connectivity index is 0.000000604. The van der Waals surface area contributed by atoms with Crippen LogP contribution in [0.2, 0.25) is 0 Å². The number of β-lactam (4-membered cyclic amide) rings is 1. The number of ether oxygens (including phenoxy) is 1. The van der Waals surface area contributed by atoms with Crippen molar-refractivity contribution in [2.24, 2.45) is 0 Å². The molecule has 1 rings (SSSR count). The molecule has 1 fully saturated rings. The number of quaternary nitrogens is 1. The van der Waals surface area contributed by atoms with Gasteiger partial charge in [-0.15, -0.1) is 0 Å². The van der Waals surface area contributed by atoms with Crippen molar-refractivity contribution in [1.29, 1.82) is 0 Å². The van der Waals surface area contributed by atoms with Gasteiger partial charge in [0.15, 0.2) is 10.3 Å². The Morgan fingerprint density at radius 3 is 1.59 bits per heavy atom. The van der Waals surface area contributed by atoms with Crippen LogP contribution in [0, 0.1) is 0 Å². The minimum Gasteiger partial charge on any atom is -0.731 e. The summed E-state index contributed by atoms with van der Waals surface area (Å²) in [7, 11) is -3.70. The van der Waals surface area contributed by atoms with Crippen molar-refractivity contribution in [2.75, 3.05) is 33.3 Å². The summed E-state index contributed by atoms with van der Waals surface area (Å²) < 4.78 is 37.4. The van der Waals surface area contributed by atoms with E-state index in [0.29, 0.717) is 0 Å². The second-order valence-electron chi connectivity index (χ2n) is 8.60. The summed E-state index contributed by atoms with van der Waals surface area (Å²) >= 11 is 0. The summed E-state index contributed by atoms with van der Waals surface area (Å²) in [6.07, 6.45) is 10.2. The van der Waals surface area contributed by atoms with Crippen LogP contribution in [0.15, 0.2) is 0 Å². The fourth-order valence-electron chi connectivity index (χ4n) is 3.92. The lowest BCUT2D eigenvalue weighted by Gasteiger charge is -2.45. The number of amides is 2. The van der Waals surface area contributed by atoms with E-state index in [1.54, 1.807) is 0 Å².